The Morgan fingerprint density at radius 1 is 1.18 bits per heavy atom. The quantitative estimate of drug-likeness (QED) is 0.815. The molecule has 0 N–H and O–H groups in total. The summed E-state index contributed by atoms with van der Waals surface area (Å²) in [7, 11) is 1.70. The van der Waals surface area contributed by atoms with Crippen molar-refractivity contribution < 1.29 is 14.2 Å². The van der Waals surface area contributed by atoms with Crippen molar-refractivity contribution in [3.05, 3.63) is 35.4 Å². The van der Waals surface area contributed by atoms with Crippen molar-refractivity contribution >= 4 is 6.08 Å². The van der Waals surface area contributed by atoms with Crippen LogP contribution in [0.25, 0.3) is 6.08 Å². The molecule has 1 saturated carbocycles. The molecule has 1 aliphatic heterocycles. The van der Waals surface area contributed by atoms with Crippen LogP contribution in [0.1, 0.15) is 51.0 Å². The van der Waals surface area contributed by atoms with Crippen LogP contribution < -0.4 is 4.74 Å². The van der Waals surface area contributed by atoms with Gasteiger partial charge in [-0.15, -0.1) is 0 Å². The van der Waals surface area contributed by atoms with E-state index in [0.717, 1.165) is 25.0 Å². The molecule has 1 spiro atoms. The highest BCUT2D eigenvalue weighted by atomic mass is 16.7. The van der Waals surface area contributed by atoms with E-state index in [-0.39, 0.29) is 11.9 Å². The maximum Gasteiger partial charge on any atom is 0.162 e. The van der Waals surface area contributed by atoms with Crippen molar-refractivity contribution in [2.24, 2.45) is 0 Å². The van der Waals surface area contributed by atoms with Crippen LogP contribution >= 0.6 is 0 Å². The van der Waals surface area contributed by atoms with E-state index in [1.54, 1.807) is 7.11 Å². The van der Waals surface area contributed by atoms with Crippen molar-refractivity contribution in [3.8, 4) is 5.75 Å². The van der Waals surface area contributed by atoms with E-state index in [1.807, 2.05) is 19.1 Å². The second-order valence-corrected chi connectivity index (χ2v) is 6.20. The van der Waals surface area contributed by atoms with Gasteiger partial charge in [-0.3, -0.25) is 0 Å². The average molecular weight is 302 g/mol. The molecule has 2 aliphatic rings. The zero-order valence-electron chi connectivity index (χ0n) is 13.6. The number of hydrogen-bond acceptors (Lipinski definition) is 3. The maximum atomic E-state index is 6.34. The molecule has 1 aliphatic carbocycles. The summed E-state index contributed by atoms with van der Waals surface area (Å²) >= 11 is 0. The maximum absolute atomic E-state index is 6.34. The lowest BCUT2D eigenvalue weighted by atomic mass is 9.79. The van der Waals surface area contributed by atoms with E-state index < -0.39 is 0 Å². The molecule has 1 saturated heterocycles. The summed E-state index contributed by atoms with van der Waals surface area (Å²) in [5, 5.41) is 0. The molecule has 0 amide bonds. The third kappa shape index (κ3) is 3.21. The Bertz CT molecular complexity index is 512. The first-order valence-electron chi connectivity index (χ1n) is 8.40. The van der Waals surface area contributed by atoms with Crippen LogP contribution in [0.3, 0.4) is 0 Å². The van der Waals surface area contributed by atoms with Gasteiger partial charge in [0.05, 0.1) is 12.7 Å². The molecule has 3 nitrogen and oxygen atoms in total. The van der Waals surface area contributed by atoms with Gasteiger partial charge in [0.15, 0.2) is 6.29 Å². The molecule has 2 fully saturated rings. The minimum Gasteiger partial charge on any atom is -0.497 e. The first-order chi connectivity index (χ1) is 10.8. The van der Waals surface area contributed by atoms with Gasteiger partial charge in [0.2, 0.25) is 0 Å². The zero-order valence-corrected chi connectivity index (χ0v) is 13.6. The topological polar surface area (TPSA) is 27.7 Å². The highest BCUT2D eigenvalue weighted by Crippen LogP contribution is 2.46. The Hall–Kier alpha value is -1.32. The summed E-state index contributed by atoms with van der Waals surface area (Å²) in [6, 6.07) is 8.23. The van der Waals surface area contributed by atoms with Crippen LogP contribution in [0.2, 0.25) is 0 Å². The third-order valence-electron chi connectivity index (χ3n) is 4.80. The molecule has 1 atom stereocenters. The fourth-order valence-corrected chi connectivity index (χ4v) is 3.67. The fourth-order valence-electron chi connectivity index (χ4n) is 3.67. The number of ether oxygens (including phenoxy) is 3. The molecule has 1 aromatic rings. The lowest BCUT2D eigenvalue weighted by Crippen LogP contribution is -2.33. The lowest BCUT2D eigenvalue weighted by molar-refractivity contribution is -0.170. The van der Waals surface area contributed by atoms with Crippen molar-refractivity contribution in [2.75, 3.05) is 13.7 Å². The molecule has 1 aromatic carbocycles. The smallest absolute Gasteiger partial charge is 0.162 e. The van der Waals surface area contributed by atoms with Gasteiger partial charge >= 0.3 is 0 Å². The molecule has 1 unspecified atom stereocenters. The molecule has 0 aromatic heterocycles. The van der Waals surface area contributed by atoms with E-state index in [1.165, 1.54) is 30.4 Å². The van der Waals surface area contributed by atoms with Crippen LogP contribution in [0.4, 0.5) is 0 Å². The fraction of sp³-hybridized carbons (Fsp3) is 0.579. The van der Waals surface area contributed by atoms with Gasteiger partial charge in [0.1, 0.15) is 5.75 Å². The van der Waals surface area contributed by atoms with E-state index in [4.69, 9.17) is 14.2 Å². The Morgan fingerprint density at radius 3 is 2.55 bits per heavy atom. The predicted molar refractivity (Wildman–Crippen MR) is 87.9 cm³/mol. The number of methoxy groups -OCH3 is 1. The monoisotopic (exact) mass is 302 g/mol. The average Bonchev–Trinajstić information content (AvgIpc) is 2.86. The lowest BCUT2D eigenvalue weighted by Gasteiger charge is -2.34. The highest BCUT2D eigenvalue weighted by Gasteiger charge is 2.45. The Labute approximate surface area is 133 Å². The van der Waals surface area contributed by atoms with Gasteiger partial charge in [-0.2, -0.15) is 0 Å². The normalized spacial score (nSPS) is 25.7. The van der Waals surface area contributed by atoms with Crippen LogP contribution in [0.15, 0.2) is 29.8 Å². The Balaban J connectivity index is 1.85. The molecule has 120 valence electrons. The van der Waals surface area contributed by atoms with Crippen molar-refractivity contribution in [1.29, 1.82) is 0 Å². The van der Waals surface area contributed by atoms with Gasteiger partial charge in [-0.1, -0.05) is 37.5 Å². The van der Waals surface area contributed by atoms with Gasteiger partial charge in [-0.25, -0.2) is 0 Å². The van der Waals surface area contributed by atoms with E-state index in [9.17, 15) is 0 Å². The highest BCUT2D eigenvalue weighted by molar-refractivity contribution is 5.57. The summed E-state index contributed by atoms with van der Waals surface area (Å²) in [6.07, 6.45) is 9.17. The molecule has 3 rings (SSSR count). The minimum absolute atomic E-state index is 0.0763. The summed E-state index contributed by atoms with van der Waals surface area (Å²) in [5.74, 6) is 0.893. The van der Waals surface area contributed by atoms with Gasteiger partial charge in [0, 0.05) is 13.0 Å². The zero-order chi connectivity index (χ0) is 15.4. The summed E-state index contributed by atoms with van der Waals surface area (Å²) in [4.78, 5) is 0. The van der Waals surface area contributed by atoms with Crippen LogP contribution in [0.5, 0.6) is 5.75 Å². The molecule has 0 bridgehead atoms. The Morgan fingerprint density at radius 2 is 1.91 bits per heavy atom. The summed E-state index contributed by atoms with van der Waals surface area (Å²) < 4.78 is 17.3. The number of rotatable bonds is 4. The van der Waals surface area contributed by atoms with Crippen LogP contribution in [-0.4, -0.2) is 25.6 Å². The third-order valence-corrected chi connectivity index (χ3v) is 4.80. The standard InChI is InChI=1S/C19H26O3/c1-3-21-18-14-16(19(22-18)11-5-4-6-12-19)13-15-7-9-17(20-2)10-8-15/h7-10,13,18H,3-6,11-12,14H2,1-2H3/b16-13-. The van der Waals surface area contributed by atoms with E-state index in [0.29, 0.717) is 6.61 Å². The predicted octanol–water partition coefficient (Wildman–Crippen LogP) is 4.56. The van der Waals surface area contributed by atoms with Crippen LogP contribution in [-0.2, 0) is 9.47 Å². The van der Waals surface area contributed by atoms with Crippen molar-refractivity contribution in [3.63, 3.8) is 0 Å². The molecule has 0 radical (unpaired) electrons. The summed E-state index contributed by atoms with van der Waals surface area (Å²) in [5.41, 5.74) is 2.52. The van der Waals surface area contributed by atoms with Crippen LogP contribution in [0, 0.1) is 0 Å². The molecular weight excluding hydrogens is 276 g/mol. The second-order valence-electron chi connectivity index (χ2n) is 6.20. The van der Waals surface area contributed by atoms with Gasteiger partial charge in [0.25, 0.3) is 0 Å². The summed E-state index contributed by atoms with van der Waals surface area (Å²) in [6.45, 7) is 2.73. The minimum atomic E-state index is -0.0853. The Kier molecular flexibility index (Phi) is 4.84. The molecule has 1 heterocycles. The van der Waals surface area contributed by atoms with Crippen molar-refractivity contribution in [1.82, 2.24) is 0 Å². The van der Waals surface area contributed by atoms with Crippen molar-refractivity contribution in [2.45, 2.75) is 57.3 Å². The largest absolute Gasteiger partial charge is 0.497 e. The molecule has 3 heteroatoms. The van der Waals surface area contributed by atoms with E-state index >= 15 is 0 Å². The number of benzene rings is 1. The SMILES string of the molecule is CCOC1C/C(=C/c2ccc(OC)cc2)C2(CCCCC2)O1. The molecular formula is C19H26O3. The van der Waals surface area contributed by atoms with E-state index in [2.05, 4.69) is 18.2 Å². The first-order valence-corrected chi connectivity index (χ1v) is 8.40. The molecule has 22 heavy (non-hydrogen) atoms. The van der Waals surface area contributed by atoms with Gasteiger partial charge < -0.3 is 14.2 Å². The first kappa shape index (κ1) is 15.6. The number of hydrogen-bond donors (Lipinski definition) is 0. The van der Waals surface area contributed by atoms with Gasteiger partial charge in [-0.05, 0) is 43.0 Å². The second kappa shape index (κ2) is 6.84.